The third-order valence-corrected chi connectivity index (χ3v) is 6.01. The molecule has 8 heteroatoms. The van der Waals surface area contributed by atoms with Gasteiger partial charge in [-0.1, -0.05) is 0 Å². The first-order valence-electron chi connectivity index (χ1n) is 7.28. The van der Waals surface area contributed by atoms with Crippen LogP contribution in [0.1, 0.15) is 28.4 Å². The number of guanidine groups is 1. The van der Waals surface area contributed by atoms with Crippen molar-refractivity contribution in [1.29, 1.82) is 0 Å². The lowest BCUT2D eigenvalue weighted by Gasteiger charge is -2.17. The number of hydrogen-bond donors (Lipinski definition) is 2. The summed E-state index contributed by atoms with van der Waals surface area (Å²) in [6, 6.07) is 0. The van der Waals surface area contributed by atoms with Crippen molar-refractivity contribution >= 4 is 27.1 Å². The van der Waals surface area contributed by atoms with Crippen molar-refractivity contribution in [3.63, 3.8) is 0 Å². The molecule has 0 aliphatic heterocycles. The highest BCUT2D eigenvalue weighted by Gasteiger charge is 2.45. The summed E-state index contributed by atoms with van der Waals surface area (Å²) >= 11 is 1.67. The second-order valence-electron chi connectivity index (χ2n) is 6.09. The summed E-state index contributed by atoms with van der Waals surface area (Å²) in [6.45, 7) is 5.31. The van der Waals surface area contributed by atoms with Crippen LogP contribution in [0.15, 0.2) is 4.99 Å². The quantitative estimate of drug-likeness (QED) is 0.599. The average Bonchev–Trinajstić information content (AvgIpc) is 3.06. The van der Waals surface area contributed by atoms with Crippen LogP contribution in [0.3, 0.4) is 0 Å². The average molecular weight is 345 g/mol. The lowest BCUT2D eigenvalue weighted by atomic mass is 10.1. The zero-order valence-electron chi connectivity index (χ0n) is 13.6. The monoisotopic (exact) mass is 344 g/mol. The van der Waals surface area contributed by atoms with E-state index in [0.29, 0.717) is 19.0 Å². The van der Waals surface area contributed by atoms with Gasteiger partial charge in [-0.2, -0.15) is 0 Å². The van der Waals surface area contributed by atoms with Crippen LogP contribution < -0.4 is 10.6 Å². The van der Waals surface area contributed by atoms with E-state index in [0.717, 1.165) is 23.5 Å². The van der Waals surface area contributed by atoms with E-state index >= 15 is 0 Å². The molecule has 22 heavy (non-hydrogen) atoms. The maximum Gasteiger partial charge on any atom is 0.191 e. The molecule has 6 nitrogen and oxygen atoms in total. The van der Waals surface area contributed by atoms with Crippen LogP contribution in [0.2, 0.25) is 0 Å². The number of nitrogens with zero attached hydrogens (tertiary/aromatic N) is 2. The van der Waals surface area contributed by atoms with Gasteiger partial charge in [0.1, 0.15) is 9.84 Å². The van der Waals surface area contributed by atoms with E-state index in [4.69, 9.17) is 0 Å². The Hall–Kier alpha value is -1.15. The van der Waals surface area contributed by atoms with Crippen LogP contribution in [0.4, 0.5) is 0 Å². The maximum atomic E-state index is 11.5. The van der Waals surface area contributed by atoms with Gasteiger partial charge < -0.3 is 10.6 Å². The highest BCUT2D eigenvalue weighted by atomic mass is 32.2. The molecular formula is C14H24N4O2S2. The number of thiazole rings is 1. The van der Waals surface area contributed by atoms with E-state index in [9.17, 15) is 8.42 Å². The van der Waals surface area contributed by atoms with E-state index in [1.165, 1.54) is 11.1 Å². The molecule has 0 aromatic carbocycles. The maximum absolute atomic E-state index is 11.5. The smallest absolute Gasteiger partial charge is 0.191 e. The van der Waals surface area contributed by atoms with Crippen LogP contribution in [0, 0.1) is 19.3 Å². The van der Waals surface area contributed by atoms with E-state index in [1.807, 2.05) is 13.8 Å². The summed E-state index contributed by atoms with van der Waals surface area (Å²) < 4.78 is 22.9. The first-order valence-corrected chi connectivity index (χ1v) is 10.2. The molecule has 1 fully saturated rings. The van der Waals surface area contributed by atoms with Gasteiger partial charge in [-0.05, 0) is 26.7 Å². The van der Waals surface area contributed by atoms with Crippen molar-refractivity contribution in [1.82, 2.24) is 15.6 Å². The highest BCUT2D eigenvalue weighted by Crippen LogP contribution is 2.45. The van der Waals surface area contributed by atoms with Crippen molar-refractivity contribution in [2.45, 2.75) is 33.2 Å². The summed E-state index contributed by atoms with van der Waals surface area (Å²) in [4.78, 5) is 9.79. The Kier molecular flexibility index (Phi) is 5.11. The van der Waals surface area contributed by atoms with E-state index < -0.39 is 9.84 Å². The van der Waals surface area contributed by atoms with E-state index in [-0.39, 0.29) is 11.2 Å². The zero-order valence-corrected chi connectivity index (χ0v) is 15.2. The minimum atomic E-state index is -2.94. The predicted octanol–water partition coefficient (Wildman–Crippen LogP) is 1.25. The third kappa shape index (κ3) is 4.95. The number of nitrogens with one attached hydrogen (secondary N) is 2. The number of aryl methyl sites for hydroxylation is 2. The fourth-order valence-electron chi connectivity index (χ4n) is 2.50. The molecule has 0 bridgehead atoms. The van der Waals surface area contributed by atoms with Gasteiger partial charge in [0.15, 0.2) is 5.96 Å². The Morgan fingerprint density at radius 2 is 2.05 bits per heavy atom. The number of aliphatic imine (C=N–C) groups is 1. The normalized spacial score (nSPS) is 17.4. The predicted molar refractivity (Wildman–Crippen MR) is 91.2 cm³/mol. The van der Waals surface area contributed by atoms with Crippen LogP contribution in [0.5, 0.6) is 0 Å². The van der Waals surface area contributed by atoms with Crippen molar-refractivity contribution in [2.75, 3.05) is 25.6 Å². The second-order valence-corrected chi connectivity index (χ2v) is 9.52. The molecule has 124 valence electrons. The number of sulfone groups is 1. The van der Waals surface area contributed by atoms with E-state index in [1.54, 1.807) is 18.4 Å². The van der Waals surface area contributed by atoms with Gasteiger partial charge in [-0.3, -0.25) is 4.99 Å². The van der Waals surface area contributed by atoms with Gasteiger partial charge in [0, 0.05) is 30.1 Å². The molecule has 1 aliphatic rings. The van der Waals surface area contributed by atoms with Crippen molar-refractivity contribution in [2.24, 2.45) is 10.4 Å². The van der Waals surface area contributed by atoms with Gasteiger partial charge in [0.25, 0.3) is 0 Å². The van der Waals surface area contributed by atoms with Gasteiger partial charge in [-0.25, -0.2) is 13.4 Å². The summed E-state index contributed by atoms with van der Waals surface area (Å²) in [7, 11) is -1.22. The molecule has 1 saturated carbocycles. The van der Waals surface area contributed by atoms with E-state index in [2.05, 4.69) is 20.6 Å². The summed E-state index contributed by atoms with van der Waals surface area (Å²) in [6.07, 6.45) is 3.21. The summed E-state index contributed by atoms with van der Waals surface area (Å²) in [5.74, 6) is 0.946. The first-order chi connectivity index (χ1) is 10.2. The topological polar surface area (TPSA) is 83.4 Å². The molecule has 0 atom stereocenters. The molecule has 1 heterocycles. The van der Waals surface area contributed by atoms with Crippen molar-refractivity contribution < 1.29 is 8.42 Å². The molecule has 1 aromatic rings. The largest absolute Gasteiger partial charge is 0.356 e. The lowest BCUT2D eigenvalue weighted by molar-refractivity contribution is 0.529. The SMILES string of the molecule is CN=C(NCc1sc(C)nc1C)NCC1(CS(C)(=O)=O)CC1. The molecule has 2 N–H and O–H groups in total. The van der Waals surface area contributed by atoms with Crippen LogP contribution in [-0.4, -0.2) is 45.0 Å². The highest BCUT2D eigenvalue weighted by molar-refractivity contribution is 7.90. The van der Waals surface area contributed by atoms with Crippen LogP contribution in [-0.2, 0) is 16.4 Å². The molecule has 2 rings (SSSR count). The molecule has 0 spiro atoms. The molecule has 0 unspecified atom stereocenters. The Morgan fingerprint density at radius 3 is 2.50 bits per heavy atom. The zero-order chi connectivity index (χ0) is 16.4. The third-order valence-electron chi connectivity index (χ3n) is 3.80. The van der Waals surface area contributed by atoms with Crippen LogP contribution >= 0.6 is 11.3 Å². The van der Waals surface area contributed by atoms with Gasteiger partial charge >= 0.3 is 0 Å². The molecule has 0 radical (unpaired) electrons. The molecule has 1 aromatic heterocycles. The standard InChI is InChI=1S/C14H24N4O2S2/c1-10-12(21-11(2)18-10)7-16-13(15-3)17-8-14(5-6-14)9-22(4,19)20/h5-9H2,1-4H3,(H2,15,16,17). The first kappa shape index (κ1) is 17.2. The lowest BCUT2D eigenvalue weighted by Crippen LogP contribution is -2.41. The Labute approximate surface area is 136 Å². The van der Waals surface area contributed by atoms with Gasteiger partial charge in [0.05, 0.1) is 23.0 Å². The number of hydrogen-bond acceptors (Lipinski definition) is 5. The van der Waals surface area contributed by atoms with Crippen LogP contribution in [0.25, 0.3) is 0 Å². The second kappa shape index (κ2) is 6.54. The Morgan fingerprint density at radius 1 is 1.36 bits per heavy atom. The fraction of sp³-hybridized carbons (Fsp3) is 0.714. The van der Waals surface area contributed by atoms with Crippen molar-refractivity contribution in [3.8, 4) is 0 Å². The van der Waals surface area contributed by atoms with Crippen molar-refractivity contribution in [3.05, 3.63) is 15.6 Å². The number of aromatic nitrogens is 1. The molecular weight excluding hydrogens is 320 g/mol. The van der Waals surface area contributed by atoms with Gasteiger partial charge in [0.2, 0.25) is 0 Å². The molecule has 0 amide bonds. The Balaban J connectivity index is 1.85. The summed E-state index contributed by atoms with van der Waals surface area (Å²) in [5.41, 5.74) is 0.934. The molecule has 1 aliphatic carbocycles. The minimum Gasteiger partial charge on any atom is -0.356 e. The minimum absolute atomic E-state index is 0.109. The molecule has 0 saturated heterocycles. The van der Waals surface area contributed by atoms with Gasteiger partial charge in [-0.15, -0.1) is 11.3 Å². The Bertz CT molecular complexity index is 660. The number of rotatable bonds is 6. The summed E-state index contributed by atoms with van der Waals surface area (Å²) in [5, 5.41) is 7.57. The fourth-order valence-corrected chi connectivity index (χ4v) is 4.88.